The van der Waals surface area contributed by atoms with Gasteiger partial charge >= 0.3 is 5.97 Å². The second-order valence-corrected chi connectivity index (χ2v) is 9.15. The first-order chi connectivity index (χ1) is 18.5. The summed E-state index contributed by atoms with van der Waals surface area (Å²) in [5.41, 5.74) is 13.0. The number of nitrogens with zero attached hydrogens (tertiary/aromatic N) is 1. The predicted molar refractivity (Wildman–Crippen MR) is 140 cm³/mol. The van der Waals surface area contributed by atoms with Crippen LogP contribution in [0.2, 0.25) is 0 Å². The van der Waals surface area contributed by atoms with Crippen molar-refractivity contribution >= 4 is 40.5 Å². The van der Waals surface area contributed by atoms with E-state index in [2.05, 4.69) is 30.9 Å². The van der Waals surface area contributed by atoms with E-state index in [4.69, 9.17) is 11.5 Å². The standard InChI is InChI=1S/C25H32N8O6/c1-13(22(35)33-20(25(38)39)8-14-10-29-18-5-3-2-4-16(14)18)31-24(37)19(9-15-11-28-12-30-15)32-23(36)17(26)6-7-21(27)34/h2-5,10-13,17,19-20,29H,6-9,26H2,1H3,(H2,27,34)(H,28,30)(H,31,37)(H,32,36)(H,33,35)(H,38,39). The van der Waals surface area contributed by atoms with Gasteiger partial charge in [0.2, 0.25) is 23.6 Å². The van der Waals surface area contributed by atoms with Crippen molar-refractivity contribution in [1.29, 1.82) is 0 Å². The van der Waals surface area contributed by atoms with Crippen LogP contribution in [0.3, 0.4) is 0 Å². The van der Waals surface area contributed by atoms with Crippen molar-refractivity contribution in [1.82, 2.24) is 30.9 Å². The summed E-state index contributed by atoms with van der Waals surface area (Å²) in [5.74, 6) is -3.96. The van der Waals surface area contributed by atoms with Gasteiger partial charge in [-0.05, 0) is 25.0 Å². The van der Waals surface area contributed by atoms with Gasteiger partial charge < -0.3 is 42.5 Å². The van der Waals surface area contributed by atoms with Gasteiger partial charge in [0.25, 0.3) is 0 Å². The smallest absolute Gasteiger partial charge is 0.326 e. The van der Waals surface area contributed by atoms with Crippen LogP contribution in [0.4, 0.5) is 0 Å². The highest BCUT2D eigenvalue weighted by Crippen LogP contribution is 2.19. The number of H-pyrrole nitrogens is 2. The van der Waals surface area contributed by atoms with Crippen LogP contribution in [-0.2, 0) is 36.8 Å². The molecule has 4 unspecified atom stereocenters. The number of carbonyl (C=O) groups is 5. The molecule has 14 nitrogen and oxygen atoms in total. The Morgan fingerprint density at radius 1 is 0.974 bits per heavy atom. The number of imidazole rings is 1. The van der Waals surface area contributed by atoms with E-state index in [-0.39, 0.29) is 25.7 Å². The Morgan fingerprint density at radius 2 is 1.69 bits per heavy atom. The van der Waals surface area contributed by atoms with Crippen LogP contribution in [0, 0.1) is 0 Å². The summed E-state index contributed by atoms with van der Waals surface area (Å²) in [7, 11) is 0. The van der Waals surface area contributed by atoms with Crippen LogP contribution < -0.4 is 27.4 Å². The first-order valence-corrected chi connectivity index (χ1v) is 12.2. The number of carboxylic acids is 1. The van der Waals surface area contributed by atoms with Crippen LogP contribution in [0.5, 0.6) is 0 Å². The van der Waals surface area contributed by atoms with Crippen LogP contribution in [0.1, 0.15) is 31.0 Å². The second kappa shape index (κ2) is 13.2. The number of aromatic nitrogens is 3. The number of para-hydroxylation sites is 1. The number of benzene rings is 1. The first kappa shape index (κ1) is 28.8. The number of nitrogens with two attached hydrogens (primary N) is 2. The van der Waals surface area contributed by atoms with Crippen LogP contribution in [0.15, 0.2) is 43.0 Å². The summed E-state index contributed by atoms with van der Waals surface area (Å²) in [6.45, 7) is 1.39. The lowest BCUT2D eigenvalue weighted by Crippen LogP contribution is -2.57. The van der Waals surface area contributed by atoms with E-state index in [0.717, 1.165) is 10.9 Å². The maximum Gasteiger partial charge on any atom is 0.326 e. The van der Waals surface area contributed by atoms with Crippen molar-refractivity contribution in [3.8, 4) is 0 Å². The maximum absolute atomic E-state index is 13.1. The van der Waals surface area contributed by atoms with E-state index in [1.54, 1.807) is 6.20 Å². The fourth-order valence-corrected chi connectivity index (χ4v) is 3.93. The highest BCUT2D eigenvalue weighted by atomic mass is 16.4. The quantitative estimate of drug-likeness (QED) is 0.124. The number of rotatable bonds is 14. The fraction of sp³-hybridized carbons (Fsp3) is 0.360. The molecule has 0 aliphatic heterocycles. The molecule has 3 aromatic rings. The highest BCUT2D eigenvalue weighted by Gasteiger charge is 2.29. The van der Waals surface area contributed by atoms with Gasteiger partial charge in [0.05, 0.1) is 12.4 Å². The Bertz CT molecular complexity index is 1320. The Kier molecular flexibility index (Phi) is 9.75. The molecule has 0 spiro atoms. The number of hydrogen-bond acceptors (Lipinski definition) is 7. The van der Waals surface area contributed by atoms with Crippen molar-refractivity contribution in [2.75, 3.05) is 0 Å². The number of amides is 4. The van der Waals surface area contributed by atoms with Crippen molar-refractivity contribution < 1.29 is 29.1 Å². The van der Waals surface area contributed by atoms with Gasteiger partial charge in [-0.1, -0.05) is 18.2 Å². The van der Waals surface area contributed by atoms with Crippen LogP contribution in [0.25, 0.3) is 10.9 Å². The molecule has 0 aliphatic rings. The predicted octanol–water partition coefficient (Wildman–Crippen LogP) is -1.17. The largest absolute Gasteiger partial charge is 0.480 e. The number of fused-ring (bicyclic) bond motifs is 1. The van der Waals surface area contributed by atoms with Gasteiger partial charge in [-0.3, -0.25) is 19.2 Å². The summed E-state index contributed by atoms with van der Waals surface area (Å²) < 4.78 is 0. The zero-order chi connectivity index (χ0) is 28.5. The minimum atomic E-state index is -1.25. The zero-order valence-electron chi connectivity index (χ0n) is 21.3. The molecule has 4 atom stereocenters. The van der Waals surface area contributed by atoms with Crippen molar-refractivity contribution in [3.05, 3.63) is 54.2 Å². The lowest BCUT2D eigenvalue weighted by Gasteiger charge is -2.23. The Labute approximate surface area is 223 Å². The number of primary amides is 1. The van der Waals surface area contributed by atoms with Crippen molar-refractivity contribution in [2.24, 2.45) is 11.5 Å². The van der Waals surface area contributed by atoms with Crippen molar-refractivity contribution in [3.63, 3.8) is 0 Å². The average molecular weight is 541 g/mol. The van der Waals surface area contributed by atoms with E-state index >= 15 is 0 Å². The molecule has 208 valence electrons. The molecule has 4 amide bonds. The summed E-state index contributed by atoms with van der Waals surface area (Å²) in [6, 6.07) is 2.76. The van der Waals surface area contributed by atoms with E-state index in [1.807, 2.05) is 24.3 Å². The molecule has 2 aromatic heterocycles. The van der Waals surface area contributed by atoms with Crippen LogP contribution in [-0.4, -0.2) is 73.8 Å². The molecule has 14 heteroatoms. The molecule has 39 heavy (non-hydrogen) atoms. The lowest BCUT2D eigenvalue weighted by atomic mass is 10.0. The lowest BCUT2D eigenvalue weighted by molar-refractivity contribution is -0.142. The molecule has 0 fully saturated rings. The van der Waals surface area contributed by atoms with Gasteiger partial charge in [0, 0.05) is 48.3 Å². The molecule has 0 saturated carbocycles. The molecule has 0 bridgehead atoms. The van der Waals surface area contributed by atoms with Gasteiger partial charge in [-0.2, -0.15) is 0 Å². The number of nitrogens with one attached hydrogen (secondary N) is 5. The van der Waals surface area contributed by atoms with Gasteiger partial charge in [0.1, 0.15) is 18.1 Å². The van der Waals surface area contributed by atoms with E-state index in [9.17, 15) is 29.1 Å². The third-order valence-corrected chi connectivity index (χ3v) is 6.12. The Morgan fingerprint density at radius 3 is 2.36 bits per heavy atom. The second-order valence-electron chi connectivity index (χ2n) is 9.15. The number of aromatic amines is 2. The number of hydrogen-bond donors (Lipinski definition) is 8. The Hall–Kier alpha value is -4.72. The van der Waals surface area contributed by atoms with Crippen molar-refractivity contribution in [2.45, 2.75) is 56.8 Å². The molecular formula is C25H32N8O6. The topological polar surface area (TPSA) is 238 Å². The summed E-state index contributed by atoms with van der Waals surface area (Å²) in [5, 5.41) is 18.0. The van der Waals surface area contributed by atoms with Gasteiger partial charge in [0.15, 0.2) is 0 Å². The average Bonchev–Trinajstić information content (AvgIpc) is 3.56. The van der Waals surface area contributed by atoms with E-state index in [1.165, 1.54) is 19.4 Å². The van der Waals surface area contributed by atoms with E-state index in [0.29, 0.717) is 11.3 Å². The summed E-state index contributed by atoms with van der Waals surface area (Å²) in [4.78, 5) is 71.1. The molecule has 3 rings (SSSR count). The van der Waals surface area contributed by atoms with Gasteiger partial charge in [-0.25, -0.2) is 9.78 Å². The molecule has 1 aromatic carbocycles. The number of aliphatic carboxylic acids is 1. The minimum Gasteiger partial charge on any atom is -0.480 e. The molecule has 2 heterocycles. The summed E-state index contributed by atoms with van der Waals surface area (Å²) in [6.07, 6.45) is 4.48. The maximum atomic E-state index is 13.1. The molecule has 0 aliphatic carbocycles. The third-order valence-electron chi connectivity index (χ3n) is 6.12. The summed E-state index contributed by atoms with van der Waals surface area (Å²) >= 11 is 0. The minimum absolute atomic E-state index is 0.00671. The van der Waals surface area contributed by atoms with Crippen LogP contribution >= 0.6 is 0 Å². The fourth-order valence-electron chi connectivity index (χ4n) is 3.93. The molecule has 10 N–H and O–H groups in total. The first-order valence-electron chi connectivity index (χ1n) is 12.2. The number of carboxylic acid groups (broad SMARTS) is 1. The Balaban J connectivity index is 1.64. The monoisotopic (exact) mass is 540 g/mol. The highest BCUT2D eigenvalue weighted by molar-refractivity contribution is 5.94. The SMILES string of the molecule is CC(NC(=O)C(Cc1cnc[nH]1)NC(=O)C(N)CCC(N)=O)C(=O)NC(Cc1c[nH]c2ccccc12)C(=O)O. The third kappa shape index (κ3) is 8.13. The molecule has 0 saturated heterocycles. The van der Waals surface area contributed by atoms with E-state index < -0.39 is 53.8 Å². The normalized spacial score (nSPS) is 14.1. The number of carbonyl (C=O) groups excluding carboxylic acids is 4. The molecule has 0 radical (unpaired) electrons. The molecular weight excluding hydrogens is 508 g/mol. The zero-order valence-corrected chi connectivity index (χ0v) is 21.3. The van der Waals surface area contributed by atoms with Gasteiger partial charge in [-0.15, -0.1) is 0 Å².